The third kappa shape index (κ3) is 4.87. The number of hydrogen-bond donors (Lipinski definition) is 0. The van der Waals surface area contributed by atoms with Gasteiger partial charge in [-0.05, 0) is 32.1 Å². The Morgan fingerprint density at radius 1 is 1.47 bits per heavy atom. The van der Waals surface area contributed by atoms with Crippen molar-refractivity contribution in [2.45, 2.75) is 50.8 Å². The highest BCUT2D eigenvalue weighted by molar-refractivity contribution is 6.20. The predicted octanol–water partition coefficient (Wildman–Crippen LogP) is 3.04. The zero-order valence-corrected chi connectivity index (χ0v) is 10.6. The van der Waals surface area contributed by atoms with Gasteiger partial charge in [0.15, 0.2) is 0 Å². The second-order valence-electron chi connectivity index (χ2n) is 4.74. The molecule has 1 amide bonds. The summed E-state index contributed by atoms with van der Waals surface area (Å²) in [6.45, 7) is 2.76. The SMILES string of the molecule is CC(Cl)CCN(C)C(=O)CC1CCCC1. The summed E-state index contributed by atoms with van der Waals surface area (Å²) in [6.07, 6.45) is 6.72. The van der Waals surface area contributed by atoms with Gasteiger partial charge in [-0.25, -0.2) is 0 Å². The van der Waals surface area contributed by atoms with Gasteiger partial charge in [0.25, 0.3) is 0 Å². The first kappa shape index (κ1) is 12.8. The largest absolute Gasteiger partial charge is 0.346 e. The van der Waals surface area contributed by atoms with Crippen molar-refractivity contribution in [2.75, 3.05) is 13.6 Å². The number of nitrogens with zero attached hydrogens (tertiary/aromatic N) is 1. The lowest BCUT2D eigenvalue weighted by atomic mass is 10.0. The Hall–Kier alpha value is -0.240. The maximum Gasteiger partial charge on any atom is 0.222 e. The quantitative estimate of drug-likeness (QED) is 0.666. The van der Waals surface area contributed by atoms with Gasteiger partial charge in [0.1, 0.15) is 0 Å². The average Bonchev–Trinajstić information content (AvgIpc) is 2.66. The molecule has 0 N–H and O–H groups in total. The van der Waals surface area contributed by atoms with Crippen molar-refractivity contribution < 1.29 is 4.79 Å². The molecule has 1 rings (SSSR count). The smallest absolute Gasteiger partial charge is 0.222 e. The number of amides is 1. The van der Waals surface area contributed by atoms with Crippen LogP contribution in [-0.4, -0.2) is 29.8 Å². The van der Waals surface area contributed by atoms with E-state index >= 15 is 0 Å². The average molecular weight is 232 g/mol. The van der Waals surface area contributed by atoms with E-state index in [0.29, 0.717) is 11.8 Å². The van der Waals surface area contributed by atoms with Gasteiger partial charge in [-0.15, -0.1) is 11.6 Å². The third-order valence-electron chi connectivity index (χ3n) is 3.23. The van der Waals surface area contributed by atoms with E-state index in [1.54, 1.807) is 0 Å². The van der Waals surface area contributed by atoms with Gasteiger partial charge in [0, 0.05) is 25.4 Å². The van der Waals surface area contributed by atoms with Crippen LogP contribution in [0, 0.1) is 5.92 Å². The zero-order valence-electron chi connectivity index (χ0n) is 9.84. The molecular formula is C12H22ClNO. The molecule has 1 unspecified atom stereocenters. The summed E-state index contributed by atoms with van der Waals surface area (Å²) in [5, 5.41) is 0.159. The van der Waals surface area contributed by atoms with Gasteiger partial charge in [-0.1, -0.05) is 12.8 Å². The zero-order chi connectivity index (χ0) is 11.3. The van der Waals surface area contributed by atoms with Crippen LogP contribution in [0.5, 0.6) is 0 Å². The van der Waals surface area contributed by atoms with E-state index in [4.69, 9.17) is 11.6 Å². The van der Waals surface area contributed by atoms with Crippen LogP contribution < -0.4 is 0 Å². The Labute approximate surface area is 98.0 Å². The minimum absolute atomic E-state index is 0.159. The molecule has 0 saturated heterocycles. The van der Waals surface area contributed by atoms with Gasteiger partial charge < -0.3 is 4.90 Å². The van der Waals surface area contributed by atoms with Crippen molar-refractivity contribution in [3.63, 3.8) is 0 Å². The van der Waals surface area contributed by atoms with Crippen molar-refractivity contribution in [1.29, 1.82) is 0 Å². The second kappa shape index (κ2) is 6.37. The predicted molar refractivity (Wildman–Crippen MR) is 64.1 cm³/mol. The van der Waals surface area contributed by atoms with Crippen LogP contribution in [0.3, 0.4) is 0 Å². The lowest BCUT2D eigenvalue weighted by Crippen LogP contribution is -2.29. The molecule has 0 radical (unpaired) electrons. The maximum atomic E-state index is 11.8. The number of rotatable bonds is 5. The molecule has 2 nitrogen and oxygen atoms in total. The Kier molecular flexibility index (Phi) is 5.44. The van der Waals surface area contributed by atoms with E-state index in [1.165, 1.54) is 25.7 Å². The van der Waals surface area contributed by atoms with Crippen LogP contribution in [-0.2, 0) is 4.79 Å². The van der Waals surface area contributed by atoms with Crippen molar-refractivity contribution in [3.05, 3.63) is 0 Å². The summed E-state index contributed by atoms with van der Waals surface area (Å²) in [5.41, 5.74) is 0. The van der Waals surface area contributed by atoms with E-state index in [-0.39, 0.29) is 5.38 Å². The minimum atomic E-state index is 0.159. The highest BCUT2D eigenvalue weighted by Gasteiger charge is 2.20. The first-order valence-corrected chi connectivity index (χ1v) is 6.41. The monoisotopic (exact) mass is 231 g/mol. The first-order chi connectivity index (χ1) is 7.09. The molecule has 88 valence electrons. The van der Waals surface area contributed by atoms with Crippen LogP contribution in [0.2, 0.25) is 0 Å². The van der Waals surface area contributed by atoms with E-state index in [0.717, 1.165) is 19.4 Å². The fraction of sp³-hybridized carbons (Fsp3) is 0.917. The Morgan fingerprint density at radius 3 is 2.60 bits per heavy atom. The van der Waals surface area contributed by atoms with Crippen LogP contribution in [0.15, 0.2) is 0 Å². The summed E-state index contributed by atoms with van der Waals surface area (Å²) >= 11 is 5.86. The minimum Gasteiger partial charge on any atom is -0.346 e. The molecule has 1 aliphatic carbocycles. The molecule has 0 spiro atoms. The molecule has 1 fully saturated rings. The summed E-state index contributed by atoms with van der Waals surface area (Å²) in [6, 6.07) is 0. The van der Waals surface area contributed by atoms with Gasteiger partial charge in [-0.3, -0.25) is 4.79 Å². The summed E-state index contributed by atoms with van der Waals surface area (Å²) in [4.78, 5) is 13.6. The third-order valence-corrected chi connectivity index (χ3v) is 3.44. The Morgan fingerprint density at radius 2 is 2.07 bits per heavy atom. The number of alkyl halides is 1. The molecule has 15 heavy (non-hydrogen) atoms. The van der Waals surface area contributed by atoms with Gasteiger partial charge >= 0.3 is 0 Å². The standard InChI is InChI=1S/C12H22ClNO/c1-10(13)7-8-14(2)12(15)9-11-5-3-4-6-11/h10-11H,3-9H2,1-2H3. The molecule has 0 aromatic carbocycles. The lowest BCUT2D eigenvalue weighted by Gasteiger charge is -2.19. The molecule has 1 aliphatic rings. The second-order valence-corrected chi connectivity index (χ2v) is 5.48. The number of hydrogen-bond acceptors (Lipinski definition) is 1. The summed E-state index contributed by atoms with van der Waals surface area (Å²) in [5.74, 6) is 0.938. The van der Waals surface area contributed by atoms with Crippen molar-refractivity contribution in [3.8, 4) is 0 Å². The number of halogens is 1. The van der Waals surface area contributed by atoms with Crippen LogP contribution >= 0.6 is 11.6 Å². The first-order valence-electron chi connectivity index (χ1n) is 5.97. The van der Waals surface area contributed by atoms with Crippen molar-refractivity contribution >= 4 is 17.5 Å². The van der Waals surface area contributed by atoms with E-state index in [1.807, 2.05) is 18.9 Å². The molecular weight excluding hydrogens is 210 g/mol. The van der Waals surface area contributed by atoms with Crippen LogP contribution in [0.1, 0.15) is 45.4 Å². The summed E-state index contributed by atoms with van der Waals surface area (Å²) in [7, 11) is 1.89. The molecule has 0 aliphatic heterocycles. The van der Waals surface area contributed by atoms with Gasteiger partial charge in [-0.2, -0.15) is 0 Å². The highest BCUT2D eigenvalue weighted by Crippen LogP contribution is 2.27. The molecule has 0 bridgehead atoms. The van der Waals surface area contributed by atoms with Gasteiger partial charge in [0.2, 0.25) is 5.91 Å². The lowest BCUT2D eigenvalue weighted by molar-refractivity contribution is -0.130. The molecule has 0 heterocycles. The van der Waals surface area contributed by atoms with E-state index in [2.05, 4.69) is 0 Å². The normalized spacial score (nSPS) is 19.1. The molecule has 0 aromatic rings. The topological polar surface area (TPSA) is 20.3 Å². The molecule has 1 atom stereocenters. The number of carbonyl (C=O) groups is 1. The number of carbonyl (C=O) groups excluding carboxylic acids is 1. The fourth-order valence-electron chi connectivity index (χ4n) is 2.11. The fourth-order valence-corrected chi connectivity index (χ4v) is 2.21. The van der Waals surface area contributed by atoms with Crippen molar-refractivity contribution in [2.24, 2.45) is 5.92 Å². The maximum absolute atomic E-state index is 11.8. The van der Waals surface area contributed by atoms with Crippen LogP contribution in [0.25, 0.3) is 0 Å². The van der Waals surface area contributed by atoms with Gasteiger partial charge in [0.05, 0.1) is 0 Å². The molecule has 1 saturated carbocycles. The molecule has 3 heteroatoms. The Bertz CT molecular complexity index is 200. The molecule has 0 aromatic heterocycles. The van der Waals surface area contributed by atoms with Crippen molar-refractivity contribution in [1.82, 2.24) is 4.90 Å². The highest BCUT2D eigenvalue weighted by atomic mass is 35.5. The Balaban J connectivity index is 2.20. The van der Waals surface area contributed by atoms with E-state index in [9.17, 15) is 4.79 Å². The van der Waals surface area contributed by atoms with Crippen LogP contribution in [0.4, 0.5) is 0 Å². The van der Waals surface area contributed by atoms with E-state index < -0.39 is 0 Å². The summed E-state index contributed by atoms with van der Waals surface area (Å²) < 4.78 is 0.